The molecule has 0 radical (unpaired) electrons. The quantitative estimate of drug-likeness (QED) is 0.779. The van der Waals surface area contributed by atoms with Gasteiger partial charge in [-0.05, 0) is 65.7 Å². The normalized spacial score (nSPS) is 15.3. The van der Waals surface area contributed by atoms with Gasteiger partial charge in [-0.25, -0.2) is 0 Å². The number of amides is 1. The standard InChI is InChI=1S/C17H24BrNO2/c1-13(2)8-11-21-16-7-6-14(12-15(16)18)17(20)19-9-4-3-5-10-19/h6-7,12-13H,3-5,8-11H2,1-2H3. The Morgan fingerprint density at radius 1 is 1.29 bits per heavy atom. The second-order valence-corrected chi connectivity index (χ2v) is 6.88. The smallest absolute Gasteiger partial charge is 0.253 e. The van der Waals surface area contributed by atoms with Gasteiger partial charge in [-0.3, -0.25) is 4.79 Å². The van der Waals surface area contributed by atoms with Gasteiger partial charge in [0, 0.05) is 18.7 Å². The molecule has 0 atom stereocenters. The van der Waals surface area contributed by atoms with Crippen LogP contribution in [-0.4, -0.2) is 30.5 Å². The Balaban J connectivity index is 1.99. The molecule has 4 heteroatoms. The molecular weight excluding hydrogens is 330 g/mol. The number of carbonyl (C=O) groups excluding carboxylic acids is 1. The third-order valence-electron chi connectivity index (χ3n) is 3.77. The van der Waals surface area contributed by atoms with Crippen molar-refractivity contribution < 1.29 is 9.53 Å². The van der Waals surface area contributed by atoms with Gasteiger partial charge in [0.05, 0.1) is 11.1 Å². The van der Waals surface area contributed by atoms with Crippen molar-refractivity contribution in [1.29, 1.82) is 0 Å². The van der Waals surface area contributed by atoms with Crippen LogP contribution in [-0.2, 0) is 0 Å². The van der Waals surface area contributed by atoms with Crippen molar-refractivity contribution in [3.63, 3.8) is 0 Å². The van der Waals surface area contributed by atoms with E-state index in [1.807, 2.05) is 23.1 Å². The number of ether oxygens (including phenoxy) is 1. The Kier molecular flexibility index (Phi) is 6.09. The number of hydrogen-bond donors (Lipinski definition) is 0. The molecule has 1 aromatic rings. The van der Waals surface area contributed by atoms with Crippen LogP contribution >= 0.6 is 15.9 Å². The molecular formula is C17H24BrNO2. The maximum absolute atomic E-state index is 12.4. The van der Waals surface area contributed by atoms with Crippen molar-refractivity contribution in [2.75, 3.05) is 19.7 Å². The van der Waals surface area contributed by atoms with Gasteiger partial charge >= 0.3 is 0 Å². The second-order valence-electron chi connectivity index (χ2n) is 6.03. The van der Waals surface area contributed by atoms with Crippen LogP contribution in [0.1, 0.15) is 49.9 Å². The van der Waals surface area contributed by atoms with E-state index < -0.39 is 0 Å². The van der Waals surface area contributed by atoms with Crippen molar-refractivity contribution in [2.24, 2.45) is 5.92 Å². The Bertz CT molecular complexity index is 482. The van der Waals surface area contributed by atoms with E-state index in [0.717, 1.165) is 48.1 Å². The lowest BCUT2D eigenvalue weighted by Gasteiger charge is -2.26. The van der Waals surface area contributed by atoms with Crippen molar-refractivity contribution in [1.82, 2.24) is 4.90 Å². The Hall–Kier alpha value is -1.03. The van der Waals surface area contributed by atoms with Crippen molar-refractivity contribution in [3.8, 4) is 5.75 Å². The van der Waals surface area contributed by atoms with Gasteiger partial charge in [-0.2, -0.15) is 0 Å². The largest absolute Gasteiger partial charge is 0.492 e. The molecule has 0 unspecified atom stereocenters. The van der Waals surface area contributed by atoms with E-state index in [4.69, 9.17) is 4.74 Å². The SMILES string of the molecule is CC(C)CCOc1ccc(C(=O)N2CCCCC2)cc1Br. The van der Waals surface area contributed by atoms with Crippen LogP contribution in [0.25, 0.3) is 0 Å². The molecule has 1 aliphatic heterocycles. The van der Waals surface area contributed by atoms with Crippen LogP contribution in [0.15, 0.2) is 22.7 Å². The molecule has 1 amide bonds. The van der Waals surface area contributed by atoms with Gasteiger partial charge in [-0.1, -0.05) is 13.8 Å². The van der Waals surface area contributed by atoms with E-state index in [0.29, 0.717) is 12.5 Å². The molecule has 1 aliphatic rings. The molecule has 1 fully saturated rings. The van der Waals surface area contributed by atoms with E-state index in [2.05, 4.69) is 29.8 Å². The summed E-state index contributed by atoms with van der Waals surface area (Å²) in [6, 6.07) is 5.63. The molecule has 0 aromatic heterocycles. The molecule has 3 nitrogen and oxygen atoms in total. The molecule has 0 N–H and O–H groups in total. The van der Waals surface area contributed by atoms with E-state index >= 15 is 0 Å². The number of benzene rings is 1. The van der Waals surface area contributed by atoms with Crippen LogP contribution in [0.2, 0.25) is 0 Å². The predicted molar refractivity (Wildman–Crippen MR) is 88.8 cm³/mol. The van der Waals surface area contributed by atoms with E-state index in [1.165, 1.54) is 6.42 Å². The Morgan fingerprint density at radius 2 is 2.00 bits per heavy atom. The molecule has 116 valence electrons. The Labute approximate surface area is 135 Å². The second kappa shape index (κ2) is 7.83. The topological polar surface area (TPSA) is 29.5 Å². The molecule has 2 rings (SSSR count). The summed E-state index contributed by atoms with van der Waals surface area (Å²) in [5.74, 6) is 1.57. The fourth-order valence-electron chi connectivity index (χ4n) is 2.44. The highest BCUT2D eigenvalue weighted by molar-refractivity contribution is 9.10. The highest BCUT2D eigenvalue weighted by atomic mass is 79.9. The third kappa shape index (κ3) is 4.73. The van der Waals surface area contributed by atoms with Gasteiger partial charge in [-0.15, -0.1) is 0 Å². The number of nitrogens with zero attached hydrogens (tertiary/aromatic N) is 1. The van der Waals surface area contributed by atoms with Gasteiger partial charge in [0.1, 0.15) is 5.75 Å². The van der Waals surface area contributed by atoms with Gasteiger partial charge < -0.3 is 9.64 Å². The van der Waals surface area contributed by atoms with Gasteiger partial charge in [0.15, 0.2) is 0 Å². The minimum Gasteiger partial charge on any atom is -0.492 e. The zero-order valence-corrected chi connectivity index (χ0v) is 14.5. The van der Waals surface area contributed by atoms with Gasteiger partial charge in [0.2, 0.25) is 0 Å². The summed E-state index contributed by atoms with van der Waals surface area (Å²) in [5, 5.41) is 0. The summed E-state index contributed by atoms with van der Waals surface area (Å²) < 4.78 is 6.61. The summed E-state index contributed by atoms with van der Waals surface area (Å²) in [6.45, 7) is 6.82. The summed E-state index contributed by atoms with van der Waals surface area (Å²) in [7, 11) is 0. The van der Waals surface area contributed by atoms with Crippen molar-refractivity contribution >= 4 is 21.8 Å². The molecule has 0 spiro atoms. The molecule has 1 heterocycles. The fraction of sp³-hybridized carbons (Fsp3) is 0.588. The summed E-state index contributed by atoms with van der Waals surface area (Å²) >= 11 is 3.51. The van der Waals surface area contributed by atoms with Gasteiger partial charge in [0.25, 0.3) is 5.91 Å². The Morgan fingerprint density at radius 3 is 2.62 bits per heavy atom. The number of likely N-dealkylation sites (tertiary alicyclic amines) is 1. The molecule has 0 bridgehead atoms. The number of carbonyl (C=O) groups is 1. The van der Waals surface area contributed by atoms with Crippen LogP contribution in [0.3, 0.4) is 0 Å². The monoisotopic (exact) mass is 353 g/mol. The fourth-order valence-corrected chi connectivity index (χ4v) is 2.93. The molecule has 1 aromatic carbocycles. The zero-order chi connectivity index (χ0) is 15.2. The van der Waals surface area contributed by atoms with Crippen LogP contribution in [0, 0.1) is 5.92 Å². The number of piperidine rings is 1. The van der Waals surface area contributed by atoms with Crippen LogP contribution in [0.4, 0.5) is 0 Å². The van der Waals surface area contributed by atoms with Crippen molar-refractivity contribution in [3.05, 3.63) is 28.2 Å². The number of halogens is 1. The third-order valence-corrected chi connectivity index (χ3v) is 4.39. The van der Waals surface area contributed by atoms with E-state index in [1.54, 1.807) is 0 Å². The lowest BCUT2D eigenvalue weighted by Crippen LogP contribution is -2.35. The average Bonchev–Trinajstić information content (AvgIpc) is 2.48. The van der Waals surface area contributed by atoms with Crippen molar-refractivity contribution in [2.45, 2.75) is 39.5 Å². The molecule has 1 saturated heterocycles. The molecule has 0 saturated carbocycles. The summed E-state index contributed by atoms with van der Waals surface area (Å²) in [6.07, 6.45) is 4.49. The summed E-state index contributed by atoms with van der Waals surface area (Å²) in [5.41, 5.74) is 0.736. The maximum Gasteiger partial charge on any atom is 0.253 e. The van der Waals surface area contributed by atoms with Crippen LogP contribution in [0.5, 0.6) is 5.75 Å². The predicted octanol–water partition coefficient (Wildman–Crippen LogP) is 4.50. The average molecular weight is 354 g/mol. The first kappa shape index (κ1) is 16.3. The van der Waals surface area contributed by atoms with E-state index in [9.17, 15) is 4.79 Å². The van der Waals surface area contributed by atoms with Crippen LogP contribution < -0.4 is 4.74 Å². The van der Waals surface area contributed by atoms with E-state index in [-0.39, 0.29) is 5.91 Å². The molecule has 0 aliphatic carbocycles. The molecule has 21 heavy (non-hydrogen) atoms. The minimum atomic E-state index is 0.129. The maximum atomic E-state index is 12.4. The lowest BCUT2D eigenvalue weighted by atomic mass is 10.1. The zero-order valence-electron chi connectivity index (χ0n) is 12.9. The first-order valence-electron chi connectivity index (χ1n) is 7.79. The lowest BCUT2D eigenvalue weighted by molar-refractivity contribution is 0.0724. The highest BCUT2D eigenvalue weighted by Crippen LogP contribution is 2.27. The number of hydrogen-bond acceptors (Lipinski definition) is 2. The minimum absolute atomic E-state index is 0.129. The highest BCUT2D eigenvalue weighted by Gasteiger charge is 2.19. The number of rotatable bonds is 5. The first-order valence-corrected chi connectivity index (χ1v) is 8.59. The first-order chi connectivity index (χ1) is 10.1. The summed E-state index contributed by atoms with van der Waals surface area (Å²) in [4.78, 5) is 14.4.